The molecule has 0 aromatic carbocycles. The van der Waals surface area contributed by atoms with Crippen molar-refractivity contribution in [1.82, 2.24) is 0 Å². The van der Waals surface area contributed by atoms with Crippen LogP contribution in [0.3, 0.4) is 0 Å². The lowest BCUT2D eigenvalue weighted by molar-refractivity contribution is 0.909. The Hall–Kier alpha value is 0.350. The van der Waals surface area contributed by atoms with Crippen LogP contribution in [0.1, 0.15) is 20.3 Å². The van der Waals surface area contributed by atoms with Crippen molar-refractivity contribution in [2.75, 3.05) is 6.26 Å². The van der Waals surface area contributed by atoms with Crippen LogP contribution in [0, 0.1) is 0 Å². The molecule has 0 amide bonds. The van der Waals surface area contributed by atoms with E-state index in [1.807, 2.05) is 11.8 Å². The van der Waals surface area contributed by atoms with Crippen LogP contribution in [0.5, 0.6) is 0 Å². The van der Waals surface area contributed by atoms with E-state index >= 15 is 0 Å². The highest BCUT2D eigenvalue weighted by Crippen LogP contribution is 2.06. The third-order valence-corrected chi connectivity index (χ3v) is 2.12. The summed E-state index contributed by atoms with van der Waals surface area (Å²) in [5.74, 6) is 0. The Bertz CT molecular complexity index is 23.1. The average molecular weight is 104 g/mol. The molecule has 0 radical (unpaired) electrons. The van der Waals surface area contributed by atoms with Crippen molar-refractivity contribution >= 4 is 11.8 Å². The van der Waals surface area contributed by atoms with Gasteiger partial charge in [0.1, 0.15) is 0 Å². The number of thioether (sulfide) groups is 1. The summed E-state index contributed by atoms with van der Waals surface area (Å²) in [5.41, 5.74) is 0. The van der Waals surface area contributed by atoms with Gasteiger partial charge in [-0.2, -0.15) is 11.8 Å². The van der Waals surface area contributed by atoms with Crippen LogP contribution in [0.15, 0.2) is 0 Å². The highest BCUT2D eigenvalue weighted by atomic mass is 32.2. The fourth-order valence-corrected chi connectivity index (χ4v) is 0.500. The van der Waals surface area contributed by atoms with E-state index in [1.54, 1.807) is 0 Å². The first-order chi connectivity index (χ1) is 2.81. The molecule has 0 aromatic heterocycles. The standard InChI is InChI=1S/C5H12S/c1-4-5(2)6-3/h5H,4H2,1-3H3/t5-/m0/s1. The molecule has 1 atom stereocenters. The first-order valence-corrected chi connectivity index (χ1v) is 3.62. The van der Waals surface area contributed by atoms with Crippen LogP contribution >= 0.6 is 11.8 Å². The second-order valence-corrected chi connectivity index (χ2v) is 2.73. The van der Waals surface area contributed by atoms with Crippen molar-refractivity contribution in [2.24, 2.45) is 0 Å². The monoisotopic (exact) mass is 104 g/mol. The van der Waals surface area contributed by atoms with Crippen molar-refractivity contribution in [3.05, 3.63) is 0 Å². The Kier molecular flexibility index (Phi) is 3.74. The zero-order valence-corrected chi connectivity index (χ0v) is 5.51. The van der Waals surface area contributed by atoms with Gasteiger partial charge in [0.2, 0.25) is 0 Å². The highest BCUT2D eigenvalue weighted by Gasteiger charge is 1.89. The van der Waals surface area contributed by atoms with E-state index in [4.69, 9.17) is 0 Å². The molecular weight excluding hydrogens is 92.1 g/mol. The Morgan fingerprint density at radius 2 is 2.17 bits per heavy atom. The van der Waals surface area contributed by atoms with Gasteiger partial charge in [-0.3, -0.25) is 0 Å². The van der Waals surface area contributed by atoms with Gasteiger partial charge < -0.3 is 0 Å². The summed E-state index contributed by atoms with van der Waals surface area (Å²) in [4.78, 5) is 0. The maximum absolute atomic E-state index is 2.24. The molecule has 0 aliphatic heterocycles. The van der Waals surface area contributed by atoms with Crippen molar-refractivity contribution in [2.45, 2.75) is 25.5 Å². The summed E-state index contributed by atoms with van der Waals surface area (Å²) in [6.07, 6.45) is 3.44. The summed E-state index contributed by atoms with van der Waals surface area (Å²) in [6.45, 7) is 4.45. The van der Waals surface area contributed by atoms with Gasteiger partial charge in [0.15, 0.2) is 0 Å². The van der Waals surface area contributed by atoms with Crippen molar-refractivity contribution in [3.63, 3.8) is 0 Å². The van der Waals surface area contributed by atoms with Crippen LogP contribution in [-0.2, 0) is 0 Å². The molecule has 0 rings (SSSR count). The number of hydrogen-bond donors (Lipinski definition) is 0. The van der Waals surface area contributed by atoms with Gasteiger partial charge in [-0.25, -0.2) is 0 Å². The van der Waals surface area contributed by atoms with Gasteiger partial charge in [-0.15, -0.1) is 0 Å². The highest BCUT2D eigenvalue weighted by molar-refractivity contribution is 7.99. The zero-order valence-electron chi connectivity index (χ0n) is 4.69. The number of hydrogen-bond acceptors (Lipinski definition) is 1. The van der Waals surface area contributed by atoms with E-state index in [0.29, 0.717) is 0 Å². The summed E-state index contributed by atoms with van der Waals surface area (Å²) in [5, 5.41) is 0.852. The maximum Gasteiger partial charge on any atom is 0.00133 e. The summed E-state index contributed by atoms with van der Waals surface area (Å²) < 4.78 is 0. The number of rotatable bonds is 2. The third kappa shape index (κ3) is 2.58. The van der Waals surface area contributed by atoms with Gasteiger partial charge in [-0.1, -0.05) is 13.8 Å². The molecule has 0 heterocycles. The van der Waals surface area contributed by atoms with Gasteiger partial charge >= 0.3 is 0 Å². The largest absolute Gasteiger partial charge is 0.162 e. The molecule has 0 N–H and O–H groups in total. The maximum atomic E-state index is 2.24. The van der Waals surface area contributed by atoms with Gasteiger partial charge in [-0.05, 0) is 12.7 Å². The Morgan fingerprint density at radius 1 is 1.67 bits per heavy atom. The third-order valence-electron chi connectivity index (χ3n) is 0.977. The van der Waals surface area contributed by atoms with Crippen LogP contribution in [-0.4, -0.2) is 11.5 Å². The minimum absolute atomic E-state index is 0.852. The van der Waals surface area contributed by atoms with E-state index in [2.05, 4.69) is 20.1 Å². The second-order valence-electron chi connectivity index (χ2n) is 1.45. The minimum atomic E-state index is 0.852. The molecule has 0 saturated carbocycles. The topological polar surface area (TPSA) is 0 Å². The summed E-state index contributed by atoms with van der Waals surface area (Å²) in [6, 6.07) is 0. The van der Waals surface area contributed by atoms with E-state index in [9.17, 15) is 0 Å². The van der Waals surface area contributed by atoms with E-state index in [0.717, 1.165) is 5.25 Å². The molecule has 0 nitrogen and oxygen atoms in total. The van der Waals surface area contributed by atoms with Crippen LogP contribution in [0.4, 0.5) is 0 Å². The molecule has 0 aromatic rings. The van der Waals surface area contributed by atoms with Crippen LogP contribution in [0.25, 0.3) is 0 Å². The summed E-state index contributed by atoms with van der Waals surface area (Å²) in [7, 11) is 0. The predicted octanol–water partition coefficient (Wildman–Crippen LogP) is 2.15. The molecule has 0 spiro atoms. The summed E-state index contributed by atoms with van der Waals surface area (Å²) >= 11 is 1.92. The van der Waals surface area contributed by atoms with E-state index in [1.165, 1.54) is 6.42 Å². The SMILES string of the molecule is CC[C@H](C)SC. The lowest BCUT2D eigenvalue weighted by Crippen LogP contribution is -1.87. The molecule has 6 heavy (non-hydrogen) atoms. The van der Waals surface area contributed by atoms with E-state index < -0.39 is 0 Å². The van der Waals surface area contributed by atoms with Gasteiger partial charge in [0.25, 0.3) is 0 Å². The Morgan fingerprint density at radius 3 is 2.17 bits per heavy atom. The van der Waals surface area contributed by atoms with Crippen LogP contribution < -0.4 is 0 Å². The lowest BCUT2D eigenvalue weighted by Gasteiger charge is -1.98. The quantitative estimate of drug-likeness (QED) is 0.517. The smallest absolute Gasteiger partial charge is 0.00133 e. The molecule has 0 aliphatic rings. The lowest BCUT2D eigenvalue weighted by atomic mass is 10.4. The molecular formula is C5H12S. The molecule has 0 unspecified atom stereocenters. The van der Waals surface area contributed by atoms with Crippen molar-refractivity contribution < 1.29 is 0 Å². The Balaban J connectivity index is 2.75. The Labute approximate surface area is 44.3 Å². The molecule has 1 heteroatoms. The normalized spacial score (nSPS) is 14.5. The van der Waals surface area contributed by atoms with Crippen molar-refractivity contribution in [1.29, 1.82) is 0 Å². The average Bonchev–Trinajstić information content (AvgIpc) is 1.65. The fraction of sp³-hybridized carbons (Fsp3) is 1.00. The second kappa shape index (κ2) is 3.54. The molecule has 38 valence electrons. The van der Waals surface area contributed by atoms with Crippen LogP contribution in [0.2, 0.25) is 0 Å². The fourth-order valence-electron chi connectivity index (χ4n) is 0.167. The molecule has 0 aliphatic carbocycles. The molecule has 0 bridgehead atoms. The molecule has 0 fully saturated rings. The predicted molar refractivity (Wildman–Crippen MR) is 33.3 cm³/mol. The van der Waals surface area contributed by atoms with E-state index in [-0.39, 0.29) is 0 Å². The van der Waals surface area contributed by atoms with Gasteiger partial charge in [0.05, 0.1) is 0 Å². The molecule has 0 saturated heterocycles. The van der Waals surface area contributed by atoms with Gasteiger partial charge in [0, 0.05) is 5.25 Å². The van der Waals surface area contributed by atoms with Crippen molar-refractivity contribution in [3.8, 4) is 0 Å². The first-order valence-electron chi connectivity index (χ1n) is 2.34. The zero-order chi connectivity index (χ0) is 4.99. The minimum Gasteiger partial charge on any atom is -0.162 e. The first kappa shape index (κ1) is 6.35.